The summed E-state index contributed by atoms with van der Waals surface area (Å²) in [7, 11) is 0. The number of H-pyrrole nitrogens is 2. The quantitative estimate of drug-likeness (QED) is 0.469. The number of hydrogen-bond acceptors (Lipinski definition) is 4. The molecule has 1 aliphatic rings. The molecule has 3 aromatic heterocycles. The van der Waals surface area contributed by atoms with E-state index in [0.29, 0.717) is 33.3 Å². The monoisotopic (exact) mass is 369 g/mol. The average Bonchev–Trinajstić information content (AvgIpc) is 3.34. The molecule has 1 saturated carbocycles. The second-order valence-corrected chi connectivity index (χ2v) is 6.89. The topological polar surface area (TPSA) is 100 Å². The Morgan fingerprint density at radius 2 is 2.12 bits per heavy atom. The lowest BCUT2D eigenvalue weighted by atomic mass is 9.97. The van der Waals surface area contributed by atoms with Crippen LogP contribution in [-0.4, -0.2) is 20.2 Å². The number of benzene rings is 1. The molecule has 130 valence electrons. The third-order valence-corrected chi connectivity index (χ3v) is 5.11. The molecule has 0 unspecified atom stereocenters. The summed E-state index contributed by atoms with van der Waals surface area (Å²) in [5, 5.41) is 7.86. The van der Waals surface area contributed by atoms with E-state index in [2.05, 4.69) is 20.2 Å². The highest BCUT2D eigenvalue weighted by Crippen LogP contribution is 2.43. The van der Waals surface area contributed by atoms with Gasteiger partial charge in [0, 0.05) is 27.9 Å². The molecule has 8 heteroatoms. The Hall–Kier alpha value is -2.93. The highest BCUT2D eigenvalue weighted by atomic mass is 35.5. The highest BCUT2D eigenvalue weighted by molar-refractivity contribution is 6.36. The van der Waals surface area contributed by atoms with E-state index in [0.717, 1.165) is 18.5 Å². The third kappa shape index (κ3) is 2.13. The molecular weight excluding hydrogens is 357 g/mol. The molecule has 3 heterocycles. The van der Waals surface area contributed by atoms with Crippen LogP contribution in [0.3, 0.4) is 0 Å². The number of aromatic nitrogens is 4. The van der Waals surface area contributed by atoms with Crippen LogP contribution in [0.4, 0.5) is 10.1 Å². The van der Waals surface area contributed by atoms with Crippen molar-refractivity contribution in [2.24, 2.45) is 0 Å². The minimum atomic E-state index is -0.436. The number of nitrogen functional groups attached to an aromatic ring is 1. The van der Waals surface area contributed by atoms with E-state index in [-0.39, 0.29) is 16.4 Å². The molecule has 0 radical (unpaired) electrons. The summed E-state index contributed by atoms with van der Waals surface area (Å²) >= 11 is 6.48. The zero-order chi connectivity index (χ0) is 18.0. The van der Waals surface area contributed by atoms with E-state index >= 15 is 0 Å². The molecule has 0 saturated heterocycles. The predicted octanol–water partition coefficient (Wildman–Crippen LogP) is 3.72. The van der Waals surface area contributed by atoms with Crippen molar-refractivity contribution in [2.75, 3.05) is 5.73 Å². The maximum absolute atomic E-state index is 14.0. The van der Waals surface area contributed by atoms with Crippen LogP contribution >= 0.6 is 11.6 Å². The highest BCUT2D eigenvalue weighted by Gasteiger charge is 2.27. The molecule has 0 spiro atoms. The van der Waals surface area contributed by atoms with Crippen molar-refractivity contribution in [3.8, 4) is 11.1 Å². The summed E-state index contributed by atoms with van der Waals surface area (Å²) in [6.45, 7) is 0. The Bertz CT molecular complexity index is 1260. The number of fused-ring (bicyclic) bond motifs is 2. The van der Waals surface area contributed by atoms with Crippen molar-refractivity contribution in [2.45, 2.75) is 18.8 Å². The van der Waals surface area contributed by atoms with Crippen LogP contribution in [0, 0.1) is 5.82 Å². The van der Waals surface area contributed by atoms with Crippen LogP contribution in [0.15, 0.2) is 29.2 Å². The summed E-state index contributed by atoms with van der Waals surface area (Å²) in [5.74, 6) is -0.0537. The Morgan fingerprint density at radius 3 is 2.88 bits per heavy atom. The number of halogens is 2. The molecule has 1 aliphatic carbocycles. The minimum absolute atomic E-state index is 0.00878. The average molecular weight is 370 g/mol. The van der Waals surface area contributed by atoms with E-state index in [4.69, 9.17) is 17.3 Å². The first-order chi connectivity index (χ1) is 12.5. The van der Waals surface area contributed by atoms with E-state index in [1.54, 1.807) is 6.07 Å². The Labute approximate surface area is 151 Å². The molecule has 0 aliphatic heterocycles. The number of rotatable bonds is 2. The van der Waals surface area contributed by atoms with Crippen molar-refractivity contribution in [1.29, 1.82) is 0 Å². The van der Waals surface area contributed by atoms with E-state index < -0.39 is 11.4 Å². The zero-order valence-electron chi connectivity index (χ0n) is 13.4. The zero-order valence-corrected chi connectivity index (χ0v) is 14.2. The number of aromatic amines is 2. The van der Waals surface area contributed by atoms with Crippen molar-refractivity contribution >= 4 is 39.1 Å². The first-order valence-electron chi connectivity index (χ1n) is 8.18. The van der Waals surface area contributed by atoms with Crippen LogP contribution in [0.5, 0.6) is 0 Å². The van der Waals surface area contributed by atoms with Crippen LogP contribution in [0.2, 0.25) is 5.15 Å². The number of nitrogens with two attached hydrogens (primary N) is 1. The second-order valence-electron chi connectivity index (χ2n) is 6.53. The van der Waals surface area contributed by atoms with Gasteiger partial charge in [0.2, 0.25) is 0 Å². The predicted molar refractivity (Wildman–Crippen MR) is 98.8 cm³/mol. The van der Waals surface area contributed by atoms with Gasteiger partial charge in [-0.05, 0) is 30.5 Å². The molecular formula is C18H13ClFN5O. The van der Waals surface area contributed by atoms with E-state index in [1.165, 1.54) is 12.3 Å². The summed E-state index contributed by atoms with van der Waals surface area (Å²) in [6.07, 6.45) is 3.63. The molecule has 0 amide bonds. The smallest absolute Gasteiger partial charge is 0.272 e. The lowest BCUT2D eigenvalue weighted by Crippen LogP contribution is -2.14. The Balaban J connectivity index is 1.92. The van der Waals surface area contributed by atoms with Gasteiger partial charge in [0.1, 0.15) is 22.2 Å². The molecule has 1 fully saturated rings. The molecule has 26 heavy (non-hydrogen) atoms. The van der Waals surface area contributed by atoms with Crippen molar-refractivity contribution < 1.29 is 4.39 Å². The molecule has 0 atom stereocenters. The maximum Gasteiger partial charge on any atom is 0.272 e. The minimum Gasteiger partial charge on any atom is -0.394 e. The fraction of sp³-hybridized carbons (Fsp3) is 0.167. The summed E-state index contributed by atoms with van der Waals surface area (Å²) in [5.41, 5.74) is 8.39. The van der Waals surface area contributed by atoms with E-state index in [9.17, 15) is 9.18 Å². The van der Waals surface area contributed by atoms with Gasteiger partial charge in [-0.2, -0.15) is 5.10 Å². The van der Waals surface area contributed by atoms with Crippen LogP contribution in [0.1, 0.15) is 24.5 Å². The first kappa shape index (κ1) is 15.3. The van der Waals surface area contributed by atoms with Gasteiger partial charge in [0.25, 0.3) is 5.56 Å². The molecule has 4 N–H and O–H groups in total. The van der Waals surface area contributed by atoms with Gasteiger partial charge in [0.15, 0.2) is 0 Å². The van der Waals surface area contributed by atoms with Crippen molar-refractivity contribution in [1.82, 2.24) is 20.2 Å². The van der Waals surface area contributed by atoms with Gasteiger partial charge >= 0.3 is 0 Å². The molecule has 0 bridgehead atoms. The number of pyridine rings is 2. The molecule has 5 rings (SSSR count). The van der Waals surface area contributed by atoms with Gasteiger partial charge < -0.3 is 10.7 Å². The lowest BCUT2D eigenvalue weighted by Gasteiger charge is -2.13. The number of anilines is 1. The second kappa shape index (κ2) is 5.28. The van der Waals surface area contributed by atoms with Gasteiger partial charge in [0.05, 0.1) is 11.7 Å². The SMILES string of the molecule is Nc1c(-c2ccc(F)c3[nH]ncc23)c2c(Cl)nc(C3CC3)cc2[nH]c1=O. The first-order valence-corrected chi connectivity index (χ1v) is 8.56. The standard InChI is InChI=1S/C18H13ClFN5O/c19-17-14-12(5-11(23-17)7-1-2-7)24-18(26)15(21)13(14)8-3-4-10(20)16-9(8)6-22-25-16/h3-7H,1-2,21H2,(H,22,25)(H,24,26). The maximum atomic E-state index is 14.0. The summed E-state index contributed by atoms with van der Waals surface area (Å²) < 4.78 is 14.0. The van der Waals surface area contributed by atoms with Crippen molar-refractivity contribution in [3.05, 3.63) is 51.4 Å². The van der Waals surface area contributed by atoms with Crippen LogP contribution < -0.4 is 11.3 Å². The van der Waals surface area contributed by atoms with Gasteiger partial charge in [-0.3, -0.25) is 9.89 Å². The lowest BCUT2D eigenvalue weighted by molar-refractivity contribution is 0.636. The van der Waals surface area contributed by atoms with Crippen LogP contribution in [0.25, 0.3) is 32.9 Å². The van der Waals surface area contributed by atoms with Gasteiger partial charge in [-0.15, -0.1) is 0 Å². The summed E-state index contributed by atoms with van der Waals surface area (Å²) in [6, 6.07) is 4.73. The van der Waals surface area contributed by atoms with Gasteiger partial charge in [-0.25, -0.2) is 9.37 Å². The van der Waals surface area contributed by atoms with Gasteiger partial charge in [-0.1, -0.05) is 17.7 Å². The molecule has 4 aromatic rings. The number of nitrogens with one attached hydrogen (secondary N) is 2. The Kier molecular flexibility index (Phi) is 3.12. The van der Waals surface area contributed by atoms with E-state index in [1.807, 2.05) is 6.07 Å². The Morgan fingerprint density at radius 1 is 1.31 bits per heavy atom. The van der Waals surface area contributed by atoms with Crippen LogP contribution in [-0.2, 0) is 0 Å². The largest absolute Gasteiger partial charge is 0.394 e. The molecule has 1 aromatic carbocycles. The fourth-order valence-electron chi connectivity index (χ4n) is 3.39. The number of nitrogens with zero attached hydrogens (tertiary/aromatic N) is 2. The fourth-order valence-corrected chi connectivity index (χ4v) is 3.69. The third-order valence-electron chi connectivity index (χ3n) is 4.84. The van der Waals surface area contributed by atoms with Crippen molar-refractivity contribution in [3.63, 3.8) is 0 Å². The molecule has 6 nitrogen and oxygen atoms in total. The summed E-state index contributed by atoms with van der Waals surface area (Å²) in [4.78, 5) is 19.7. The number of hydrogen-bond donors (Lipinski definition) is 3. The normalized spacial score (nSPS) is 14.4.